The van der Waals surface area contributed by atoms with Gasteiger partial charge in [-0.05, 0) is 25.7 Å². The van der Waals surface area contributed by atoms with E-state index >= 15 is 0 Å². The number of carbonyl (C=O) groups is 1. The average Bonchev–Trinajstić information content (AvgIpc) is 3.14. The second-order valence-corrected chi connectivity index (χ2v) is 5.34. The maximum atomic E-state index is 11.3. The highest BCUT2D eigenvalue weighted by atomic mass is 16.1. The molecule has 0 N–H and O–H groups in total. The molecule has 92 valence electrons. The van der Waals surface area contributed by atoms with E-state index in [1.165, 1.54) is 38.5 Å². The lowest BCUT2D eigenvalue weighted by atomic mass is 10.1. The molecule has 0 radical (unpaired) electrons. The summed E-state index contributed by atoms with van der Waals surface area (Å²) < 4.78 is 1.91. The number of nitrogens with zero attached hydrogens (tertiary/aromatic N) is 3. The molecule has 0 saturated heterocycles. The summed E-state index contributed by atoms with van der Waals surface area (Å²) in [5.74, 6) is 0.509. The van der Waals surface area contributed by atoms with Gasteiger partial charge in [0.2, 0.25) is 0 Å². The lowest BCUT2D eigenvalue weighted by Crippen LogP contribution is -2.13. The lowest BCUT2D eigenvalue weighted by Gasteiger charge is -2.15. The molecule has 0 atom stereocenters. The Morgan fingerprint density at radius 2 is 1.76 bits per heavy atom. The van der Waals surface area contributed by atoms with Gasteiger partial charge in [-0.1, -0.05) is 30.9 Å². The maximum absolute atomic E-state index is 11.3. The predicted molar refractivity (Wildman–Crippen MR) is 64.1 cm³/mol. The van der Waals surface area contributed by atoms with E-state index in [1.807, 2.05) is 4.68 Å². The first-order valence-electron chi connectivity index (χ1n) is 6.80. The summed E-state index contributed by atoms with van der Waals surface area (Å²) in [6.45, 7) is 0. The Bertz CT molecular complexity index is 401. The van der Waals surface area contributed by atoms with Gasteiger partial charge in [0.05, 0.1) is 11.7 Å². The number of aldehydes is 1. The van der Waals surface area contributed by atoms with Crippen LogP contribution < -0.4 is 0 Å². The summed E-state index contributed by atoms with van der Waals surface area (Å²) in [5, 5.41) is 8.49. The van der Waals surface area contributed by atoms with E-state index in [-0.39, 0.29) is 0 Å². The van der Waals surface area contributed by atoms with Crippen molar-refractivity contribution in [2.45, 2.75) is 63.3 Å². The Kier molecular flexibility index (Phi) is 2.95. The summed E-state index contributed by atoms with van der Waals surface area (Å²) in [7, 11) is 0. The van der Waals surface area contributed by atoms with Crippen molar-refractivity contribution in [2.75, 3.05) is 0 Å². The molecule has 3 rings (SSSR count). The number of hydrogen-bond acceptors (Lipinski definition) is 3. The minimum Gasteiger partial charge on any atom is -0.296 e. The van der Waals surface area contributed by atoms with Crippen molar-refractivity contribution in [2.24, 2.45) is 0 Å². The van der Waals surface area contributed by atoms with Gasteiger partial charge in [-0.25, -0.2) is 4.68 Å². The van der Waals surface area contributed by atoms with Crippen LogP contribution in [-0.4, -0.2) is 21.3 Å². The van der Waals surface area contributed by atoms with Crippen molar-refractivity contribution < 1.29 is 4.79 Å². The third-order valence-electron chi connectivity index (χ3n) is 4.00. The highest BCUT2D eigenvalue weighted by molar-refractivity contribution is 5.74. The Morgan fingerprint density at radius 3 is 2.35 bits per heavy atom. The van der Waals surface area contributed by atoms with E-state index in [4.69, 9.17) is 0 Å². The van der Waals surface area contributed by atoms with Crippen molar-refractivity contribution in [1.82, 2.24) is 15.0 Å². The first-order chi connectivity index (χ1) is 8.40. The molecular formula is C13H19N3O. The maximum Gasteiger partial charge on any atom is 0.170 e. The van der Waals surface area contributed by atoms with Crippen LogP contribution in [0, 0.1) is 0 Å². The monoisotopic (exact) mass is 233 g/mol. The molecule has 2 fully saturated rings. The summed E-state index contributed by atoms with van der Waals surface area (Å²) in [4.78, 5) is 11.3. The Labute approximate surface area is 101 Å². The number of carbonyl (C=O) groups excluding carboxylic acids is 1. The SMILES string of the molecule is O=Cc1c(C2CC2)nnn1C1CCCCCC1. The van der Waals surface area contributed by atoms with Gasteiger partial charge in [0, 0.05) is 5.92 Å². The van der Waals surface area contributed by atoms with E-state index in [9.17, 15) is 4.79 Å². The molecule has 17 heavy (non-hydrogen) atoms. The largest absolute Gasteiger partial charge is 0.296 e. The molecule has 0 unspecified atom stereocenters. The van der Waals surface area contributed by atoms with Crippen LogP contribution in [0.3, 0.4) is 0 Å². The molecule has 0 aromatic carbocycles. The molecule has 4 heteroatoms. The second-order valence-electron chi connectivity index (χ2n) is 5.34. The Hall–Kier alpha value is -1.19. The van der Waals surface area contributed by atoms with Gasteiger partial charge in [-0.15, -0.1) is 5.10 Å². The summed E-state index contributed by atoms with van der Waals surface area (Å²) in [5.41, 5.74) is 1.70. The highest BCUT2D eigenvalue weighted by Crippen LogP contribution is 2.41. The standard InChI is InChI=1S/C13H19N3O/c17-9-12-13(10-7-8-10)14-15-16(12)11-5-3-1-2-4-6-11/h9-11H,1-8H2. The van der Waals surface area contributed by atoms with E-state index in [2.05, 4.69) is 10.3 Å². The van der Waals surface area contributed by atoms with Crippen LogP contribution in [0.2, 0.25) is 0 Å². The van der Waals surface area contributed by atoms with Gasteiger partial charge in [0.25, 0.3) is 0 Å². The highest BCUT2D eigenvalue weighted by Gasteiger charge is 2.31. The fraction of sp³-hybridized carbons (Fsp3) is 0.769. The van der Waals surface area contributed by atoms with Crippen LogP contribution >= 0.6 is 0 Å². The van der Waals surface area contributed by atoms with Crippen LogP contribution in [-0.2, 0) is 0 Å². The fourth-order valence-electron chi connectivity index (χ4n) is 2.85. The van der Waals surface area contributed by atoms with Gasteiger partial charge in [0.15, 0.2) is 6.29 Å². The van der Waals surface area contributed by atoms with Gasteiger partial charge in [-0.3, -0.25) is 4.79 Å². The van der Waals surface area contributed by atoms with Crippen molar-refractivity contribution in [1.29, 1.82) is 0 Å². The van der Waals surface area contributed by atoms with Gasteiger partial charge < -0.3 is 0 Å². The van der Waals surface area contributed by atoms with Crippen LogP contribution in [0.1, 0.15) is 79.5 Å². The predicted octanol–water partition coefficient (Wildman–Crippen LogP) is 2.86. The Morgan fingerprint density at radius 1 is 1.06 bits per heavy atom. The zero-order chi connectivity index (χ0) is 11.7. The van der Waals surface area contributed by atoms with Gasteiger partial charge in [-0.2, -0.15) is 0 Å². The van der Waals surface area contributed by atoms with E-state index in [0.717, 1.165) is 30.5 Å². The van der Waals surface area contributed by atoms with E-state index in [0.29, 0.717) is 12.0 Å². The molecule has 2 aliphatic rings. The van der Waals surface area contributed by atoms with Crippen molar-refractivity contribution >= 4 is 6.29 Å². The first-order valence-corrected chi connectivity index (χ1v) is 6.80. The molecule has 1 aromatic rings. The number of rotatable bonds is 3. The molecule has 0 spiro atoms. The quantitative estimate of drug-likeness (QED) is 0.595. The number of hydrogen-bond donors (Lipinski definition) is 0. The Balaban J connectivity index is 1.87. The van der Waals surface area contributed by atoms with Gasteiger partial charge in [0.1, 0.15) is 5.69 Å². The molecule has 0 aliphatic heterocycles. The van der Waals surface area contributed by atoms with Crippen molar-refractivity contribution in [3.8, 4) is 0 Å². The van der Waals surface area contributed by atoms with Crippen LogP contribution in [0.15, 0.2) is 0 Å². The van der Waals surface area contributed by atoms with Crippen LogP contribution in [0.25, 0.3) is 0 Å². The zero-order valence-corrected chi connectivity index (χ0v) is 10.1. The second kappa shape index (κ2) is 4.59. The first kappa shape index (κ1) is 10.9. The topological polar surface area (TPSA) is 47.8 Å². The number of aromatic nitrogens is 3. The molecule has 0 bridgehead atoms. The molecule has 1 heterocycles. The summed E-state index contributed by atoms with van der Waals surface area (Å²) in [6, 6.07) is 0.401. The molecule has 0 amide bonds. The normalized spacial score (nSPS) is 22.4. The van der Waals surface area contributed by atoms with Gasteiger partial charge >= 0.3 is 0 Å². The molecular weight excluding hydrogens is 214 g/mol. The summed E-state index contributed by atoms with van der Waals surface area (Å²) >= 11 is 0. The molecule has 1 aromatic heterocycles. The summed E-state index contributed by atoms with van der Waals surface area (Å²) in [6.07, 6.45) is 10.7. The molecule has 2 aliphatic carbocycles. The van der Waals surface area contributed by atoms with Crippen molar-refractivity contribution in [3.63, 3.8) is 0 Å². The minimum absolute atomic E-state index is 0.401. The minimum atomic E-state index is 0.401. The van der Waals surface area contributed by atoms with Crippen LogP contribution in [0.4, 0.5) is 0 Å². The van der Waals surface area contributed by atoms with E-state index < -0.39 is 0 Å². The zero-order valence-electron chi connectivity index (χ0n) is 10.1. The fourth-order valence-corrected chi connectivity index (χ4v) is 2.85. The average molecular weight is 233 g/mol. The smallest absolute Gasteiger partial charge is 0.170 e. The van der Waals surface area contributed by atoms with Crippen LogP contribution in [0.5, 0.6) is 0 Å². The third kappa shape index (κ3) is 2.13. The third-order valence-corrected chi connectivity index (χ3v) is 4.00. The van der Waals surface area contributed by atoms with Crippen molar-refractivity contribution in [3.05, 3.63) is 11.4 Å². The van der Waals surface area contributed by atoms with E-state index in [1.54, 1.807) is 0 Å². The lowest BCUT2D eigenvalue weighted by molar-refractivity contribution is 0.111. The molecule has 2 saturated carbocycles. The molecule has 4 nitrogen and oxygen atoms in total.